The van der Waals surface area contributed by atoms with E-state index in [1.165, 1.54) is 4.90 Å². The molecule has 34 heavy (non-hydrogen) atoms. The summed E-state index contributed by atoms with van der Waals surface area (Å²) in [5, 5.41) is 9.35. The molecule has 0 aliphatic carbocycles. The molecule has 2 aromatic carbocycles. The summed E-state index contributed by atoms with van der Waals surface area (Å²) in [5.41, 5.74) is 1.40. The summed E-state index contributed by atoms with van der Waals surface area (Å²) in [6.07, 6.45) is 2.01. The first-order valence-corrected chi connectivity index (χ1v) is 12.0. The van der Waals surface area contributed by atoms with Gasteiger partial charge in [0.1, 0.15) is 17.9 Å². The number of hydrogen-bond donors (Lipinski definition) is 1. The summed E-state index contributed by atoms with van der Waals surface area (Å²) in [6, 6.07) is 17.2. The number of anilines is 1. The van der Waals surface area contributed by atoms with Gasteiger partial charge in [0.05, 0.1) is 18.8 Å². The Labute approximate surface area is 200 Å². The molecule has 0 aromatic heterocycles. The number of likely N-dealkylation sites (tertiary alicyclic amines) is 1. The molecule has 0 spiro atoms. The molecular formula is C27H32N2O5. The number of hydrogen-bond acceptors (Lipinski definition) is 5. The molecule has 180 valence electrons. The van der Waals surface area contributed by atoms with Gasteiger partial charge in [0.15, 0.2) is 0 Å². The van der Waals surface area contributed by atoms with Gasteiger partial charge in [-0.15, -0.1) is 0 Å². The zero-order valence-corrected chi connectivity index (χ0v) is 19.7. The van der Waals surface area contributed by atoms with Crippen molar-refractivity contribution in [1.82, 2.24) is 4.90 Å². The Bertz CT molecular complexity index is 1060. The largest absolute Gasteiger partial charge is 0.487 e. The summed E-state index contributed by atoms with van der Waals surface area (Å²) in [6.45, 7) is 5.63. The Kier molecular flexibility index (Phi) is 6.08. The minimum absolute atomic E-state index is 0.0264. The predicted molar refractivity (Wildman–Crippen MR) is 128 cm³/mol. The Morgan fingerprint density at radius 2 is 1.85 bits per heavy atom. The van der Waals surface area contributed by atoms with Crippen molar-refractivity contribution in [3.8, 4) is 5.75 Å². The number of fused-ring (bicyclic) bond motifs is 4. The molecule has 2 fully saturated rings. The van der Waals surface area contributed by atoms with Crippen LogP contribution in [0.15, 0.2) is 54.6 Å². The second-order valence-electron chi connectivity index (χ2n) is 10.2. The second kappa shape index (κ2) is 9.04. The first-order chi connectivity index (χ1) is 16.3. The van der Waals surface area contributed by atoms with Crippen LogP contribution in [0.2, 0.25) is 0 Å². The molecule has 2 saturated heterocycles. The summed E-state index contributed by atoms with van der Waals surface area (Å²) >= 11 is 0. The first-order valence-electron chi connectivity index (χ1n) is 12.0. The maximum absolute atomic E-state index is 13.1. The third-order valence-electron chi connectivity index (χ3n) is 7.50. The number of aliphatic carboxylic acids is 1. The lowest BCUT2D eigenvalue weighted by molar-refractivity contribution is -0.187. The van der Waals surface area contributed by atoms with Crippen molar-refractivity contribution in [3.05, 3.63) is 60.2 Å². The number of carbonyl (C=O) groups excluding carboxylic acids is 1. The Morgan fingerprint density at radius 3 is 2.62 bits per heavy atom. The molecule has 0 unspecified atom stereocenters. The van der Waals surface area contributed by atoms with E-state index in [1.807, 2.05) is 36.4 Å². The molecule has 3 aliphatic heterocycles. The molecule has 1 amide bonds. The highest BCUT2D eigenvalue weighted by Gasteiger charge is 2.51. The molecule has 4 atom stereocenters. The van der Waals surface area contributed by atoms with Crippen molar-refractivity contribution in [2.45, 2.75) is 44.5 Å². The van der Waals surface area contributed by atoms with Gasteiger partial charge < -0.3 is 19.5 Å². The number of carbonyl (C=O) groups is 2. The highest BCUT2D eigenvalue weighted by atomic mass is 16.5. The quantitative estimate of drug-likeness (QED) is 0.726. The third kappa shape index (κ3) is 4.42. The fourth-order valence-electron chi connectivity index (χ4n) is 5.82. The number of benzene rings is 2. The molecule has 5 rings (SSSR count). The maximum Gasteiger partial charge on any atom is 0.323 e. The second-order valence-corrected chi connectivity index (χ2v) is 10.2. The lowest BCUT2D eigenvalue weighted by Gasteiger charge is -2.53. The van der Waals surface area contributed by atoms with E-state index in [0.29, 0.717) is 11.6 Å². The van der Waals surface area contributed by atoms with E-state index < -0.39 is 5.97 Å². The number of amides is 1. The van der Waals surface area contributed by atoms with Crippen molar-refractivity contribution < 1.29 is 24.2 Å². The smallest absolute Gasteiger partial charge is 0.323 e. The molecule has 2 aromatic rings. The number of ether oxygens (including phenoxy) is 2. The van der Waals surface area contributed by atoms with Crippen molar-refractivity contribution in [1.29, 1.82) is 0 Å². The van der Waals surface area contributed by atoms with E-state index in [0.717, 1.165) is 37.2 Å². The Morgan fingerprint density at radius 1 is 1.12 bits per heavy atom. The molecule has 7 nitrogen and oxygen atoms in total. The highest BCUT2D eigenvalue weighted by molar-refractivity contribution is 5.98. The lowest BCUT2D eigenvalue weighted by atomic mass is 9.70. The minimum Gasteiger partial charge on any atom is -0.487 e. The average molecular weight is 465 g/mol. The Hall–Kier alpha value is -2.90. The first kappa shape index (κ1) is 22.9. The molecule has 3 aliphatic rings. The number of nitrogens with zero attached hydrogens (tertiary/aromatic N) is 2. The summed E-state index contributed by atoms with van der Waals surface area (Å²) in [7, 11) is 0. The number of rotatable bonds is 5. The third-order valence-corrected chi connectivity index (χ3v) is 7.50. The zero-order valence-electron chi connectivity index (χ0n) is 19.7. The summed E-state index contributed by atoms with van der Waals surface area (Å²) in [5.74, 6) is 0.224. The van der Waals surface area contributed by atoms with Crippen LogP contribution < -0.4 is 9.64 Å². The van der Waals surface area contributed by atoms with Gasteiger partial charge in [0.25, 0.3) is 0 Å². The van der Waals surface area contributed by atoms with Crippen LogP contribution in [0.1, 0.15) is 38.4 Å². The van der Waals surface area contributed by atoms with Gasteiger partial charge >= 0.3 is 5.97 Å². The van der Waals surface area contributed by atoms with Gasteiger partial charge in [0, 0.05) is 30.3 Å². The van der Waals surface area contributed by atoms with E-state index in [9.17, 15) is 14.7 Å². The lowest BCUT2D eigenvalue weighted by Crippen LogP contribution is -2.56. The number of para-hydroxylation sites is 2. The summed E-state index contributed by atoms with van der Waals surface area (Å²) in [4.78, 5) is 28.1. The van der Waals surface area contributed by atoms with Crippen molar-refractivity contribution in [3.63, 3.8) is 0 Å². The van der Waals surface area contributed by atoms with Crippen LogP contribution >= 0.6 is 0 Å². The monoisotopic (exact) mass is 464 g/mol. The van der Waals surface area contributed by atoms with Crippen LogP contribution in [-0.2, 0) is 14.3 Å². The minimum atomic E-state index is -1.03. The van der Waals surface area contributed by atoms with Gasteiger partial charge in [-0.05, 0) is 50.8 Å². The van der Waals surface area contributed by atoms with Crippen molar-refractivity contribution in [2.75, 3.05) is 31.1 Å². The van der Waals surface area contributed by atoms with E-state index in [2.05, 4.69) is 24.8 Å². The van der Waals surface area contributed by atoms with Gasteiger partial charge in [0.2, 0.25) is 5.91 Å². The molecule has 3 heterocycles. The fraction of sp³-hybridized carbons (Fsp3) is 0.481. The normalized spacial score (nSPS) is 27.5. The molecule has 0 saturated carbocycles. The Balaban J connectivity index is 1.28. The SMILES string of the molecule is CC1(C)Oc2ccccc2[C@@H]2O[C@@H]3CCN(CC(=O)N(CC(=O)O)c4ccccc4)C[C@H]3C[C@H]21. The zero-order chi connectivity index (χ0) is 23.9. The average Bonchev–Trinajstić information content (AvgIpc) is 2.82. The number of carboxylic acids is 1. The van der Waals surface area contributed by atoms with Crippen LogP contribution in [0.4, 0.5) is 5.69 Å². The number of piperidine rings is 1. The predicted octanol–water partition coefficient (Wildman–Crippen LogP) is 3.74. The maximum atomic E-state index is 13.1. The van der Waals surface area contributed by atoms with Gasteiger partial charge in [-0.2, -0.15) is 0 Å². The van der Waals surface area contributed by atoms with Crippen LogP contribution in [0.3, 0.4) is 0 Å². The van der Waals surface area contributed by atoms with Gasteiger partial charge in [-0.25, -0.2) is 0 Å². The topological polar surface area (TPSA) is 79.3 Å². The van der Waals surface area contributed by atoms with Crippen molar-refractivity contribution in [2.24, 2.45) is 11.8 Å². The fourth-order valence-corrected chi connectivity index (χ4v) is 5.82. The van der Waals surface area contributed by atoms with Gasteiger partial charge in [-0.3, -0.25) is 14.5 Å². The standard InChI is InChI=1S/C27H32N2O5/c1-27(2)21-14-18-15-28(16-24(30)29(17-25(31)32)19-8-4-3-5-9-19)13-12-22(18)33-26(21)20-10-6-7-11-23(20)34-27/h3-11,18,21-22,26H,12-17H2,1-2H3,(H,31,32)/t18-,21-,22-,26+/m1/s1. The molecule has 1 N–H and O–H groups in total. The molecule has 0 radical (unpaired) electrons. The summed E-state index contributed by atoms with van der Waals surface area (Å²) < 4.78 is 13.1. The van der Waals surface area contributed by atoms with Crippen LogP contribution in [-0.4, -0.2) is 59.8 Å². The van der Waals surface area contributed by atoms with Gasteiger partial charge in [-0.1, -0.05) is 36.4 Å². The van der Waals surface area contributed by atoms with Crippen LogP contribution in [0.5, 0.6) is 5.75 Å². The highest BCUT2D eigenvalue weighted by Crippen LogP contribution is 2.52. The molecule has 7 heteroatoms. The van der Waals surface area contributed by atoms with E-state index in [4.69, 9.17) is 9.47 Å². The van der Waals surface area contributed by atoms with Crippen molar-refractivity contribution >= 4 is 17.6 Å². The van der Waals surface area contributed by atoms with E-state index in [-0.39, 0.29) is 42.7 Å². The molecular weight excluding hydrogens is 432 g/mol. The van der Waals surface area contributed by atoms with E-state index in [1.54, 1.807) is 12.1 Å². The number of carboxylic acid groups (broad SMARTS) is 1. The molecule has 0 bridgehead atoms. The van der Waals surface area contributed by atoms with Crippen LogP contribution in [0, 0.1) is 11.8 Å². The van der Waals surface area contributed by atoms with E-state index >= 15 is 0 Å². The van der Waals surface area contributed by atoms with Crippen LogP contribution in [0.25, 0.3) is 0 Å².